The maximum absolute atomic E-state index is 12.7. The van der Waals surface area contributed by atoms with E-state index in [-0.39, 0.29) is 18.0 Å². The van der Waals surface area contributed by atoms with Crippen LogP contribution in [0, 0.1) is 0 Å². The number of pyridine rings is 1. The predicted molar refractivity (Wildman–Crippen MR) is 102 cm³/mol. The lowest BCUT2D eigenvalue weighted by Gasteiger charge is -2.38. The molecule has 1 amide bonds. The van der Waals surface area contributed by atoms with Gasteiger partial charge in [0, 0.05) is 34.4 Å². The normalized spacial score (nSPS) is 16.4. The molecule has 7 heteroatoms. The van der Waals surface area contributed by atoms with Gasteiger partial charge < -0.3 is 14.6 Å². The zero-order chi connectivity index (χ0) is 17.9. The number of aromatic nitrogens is 1. The van der Waals surface area contributed by atoms with Crippen LogP contribution < -0.4 is 10.9 Å². The first kappa shape index (κ1) is 18.4. The molecule has 0 unspecified atom stereocenters. The second kappa shape index (κ2) is 7.85. The number of benzene rings is 1. The highest BCUT2D eigenvalue weighted by Gasteiger charge is 2.36. The van der Waals surface area contributed by atoms with Crippen molar-refractivity contribution in [1.29, 1.82) is 0 Å². The standard InChI is InChI=1S/C18H18Br2N2O3/c19-14-3-1-2-13(10-14)18(6-8-25-9-7-18)21-16(23)12-22-11-15(20)4-5-17(22)24/h1-5,10-11H,6-9,12H2,(H,21,23). The molecule has 1 aromatic carbocycles. The molecule has 132 valence electrons. The SMILES string of the molecule is O=C(Cn1cc(Br)ccc1=O)NC1(c2cccc(Br)c2)CCOCC1. The minimum Gasteiger partial charge on any atom is -0.381 e. The molecule has 0 radical (unpaired) electrons. The van der Waals surface area contributed by atoms with Crippen molar-refractivity contribution in [3.05, 3.63) is 67.5 Å². The Labute approximate surface area is 162 Å². The van der Waals surface area contributed by atoms with Crippen LogP contribution in [0.15, 0.2) is 56.3 Å². The topological polar surface area (TPSA) is 60.3 Å². The second-order valence-corrected chi connectivity index (χ2v) is 7.90. The Kier molecular flexibility index (Phi) is 5.76. The number of amides is 1. The van der Waals surface area contributed by atoms with Gasteiger partial charge in [0.1, 0.15) is 6.54 Å². The van der Waals surface area contributed by atoms with E-state index in [2.05, 4.69) is 37.2 Å². The van der Waals surface area contributed by atoms with E-state index in [9.17, 15) is 9.59 Å². The highest BCUT2D eigenvalue weighted by atomic mass is 79.9. The molecular weight excluding hydrogens is 452 g/mol. The summed E-state index contributed by atoms with van der Waals surface area (Å²) in [4.78, 5) is 24.6. The molecule has 1 fully saturated rings. The van der Waals surface area contributed by atoms with Crippen LogP contribution in [0.3, 0.4) is 0 Å². The molecule has 1 N–H and O–H groups in total. The molecule has 25 heavy (non-hydrogen) atoms. The molecule has 2 heterocycles. The van der Waals surface area contributed by atoms with E-state index in [1.54, 1.807) is 12.3 Å². The molecule has 1 saturated heterocycles. The van der Waals surface area contributed by atoms with Gasteiger partial charge in [-0.2, -0.15) is 0 Å². The third kappa shape index (κ3) is 4.40. The van der Waals surface area contributed by atoms with Crippen molar-refractivity contribution < 1.29 is 9.53 Å². The van der Waals surface area contributed by atoms with Crippen molar-refractivity contribution in [1.82, 2.24) is 9.88 Å². The molecular formula is C18H18Br2N2O3. The minimum absolute atomic E-state index is 0.0190. The van der Waals surface area contributed by atoms with E-state index in [4.69, 9.17) is 4.74 Å². The van der Waals surface area contributed by atoms with Crippen molar-refractivity contribution in [2.24, 2.45) is 0 Å². The van der Waals surface area contributed by atoms with E-state index in [1.165, 1.54) is 10.6 Å². The molecule has 3 rings (SSSR count). The third-order valence-corrected chi connectivity index (χ3v) is 5.33. The lowest BCUT2D eigenvalue weighted by atomic mass is 9.82. The first-order valence-electron chi connectivity index (χ1n) is 7.99. The third-order valence-electron chi connectivity index (χ3n) is 4.36. The van der Waals surface area contributed by atoms with Gasteiger partial charge in [-0.15, -0.1) is 0 Å². The first-order valence-corrected chi connectivity index (χ1v) is 9.58. The monoisotopic (exact) mass is 468 g/mol. The Balaban J connectivity index is 1.84. The van der Waals surface area contributed by atoms with Gasteiger partial charge in [-0.3, -0.25) is 9.59 Å². The number of halogens is 2. The largest absolute Gasteiger partial charge is 0.381 e. The number of nitrogens with zero attached hydrogens (tertiary/aromatic N) is 1. The Morgan fingerprint density at radius 2 is 1.92 bits per heavy atom. The molecule has 2 aromatic rings. The highest BCUT2D eigenvalue weighted by Crippen LogP contribution is 2.33. The van der Waals surface area contributed by atoms with Gasteiger partial charge >= 0.3 is 0 Å². The van der Waals surface area contributed by atoms with Crippen LogP contribution in [0.5, 0.6) is 0 Å². The van der Waals surface area contributed by atoms with Crippen molar-refractivity contribution in [3.63, 3.8) is 0 Å². The van der Waals surface area contributed by atoms with Crippen molar-refractivity contribution in [3.8, 4) is 0 Å². The molecule has 1 aliphatic rings. The van der Waals surface area contributed by atoms with Crippen LogP contribution in [0.25, 0.3) is 0 Å². The van der Waals surface area contributed by atoms with E-state index in [1.807, 2.05) is 24.3 Å². The molecule has 0 bridgehead atoms. The molecule has 0 atom stereocenters. The van der Waals surface area contributed by atoms with Gasteiger partial charge in [-0.1, -0.05) is 28.1 Å². The molecule has 1 aromatic heterocycles. The first-order chi connectivity index (χ1) is 12.0. The number of carbonyl (C=O) groups is 1. The average molecular weight is 470 g/mol. The Hall–Kier alpha value is -1.44. The van der Waals surface area contributed by atoms with E-state index in [0.717, 1.165) is 14.5 Å². The zero-order valence-corrected chi connectivity index (χ0v) is 16.7. The molecule has 0 saturated carbocycles. The van der Waals surface area contributed by atoms with Crippen LogP contribution in [0.4, 0.5) is 0 Å². The fourth-order valence-corrected chi connectivity index (χ4v) is 3.86. The minimum atomic E-state index is -0.477. The van der Waals surface area contributed by atoms with Gasteiger partial charge in [0.15, 0.2) is 0 Å². The average Bonchev–Trinajstić information content (AvgIpc) is 2.59. The fourth-order valence-electron chi connectivity index (χ4n) is 3.08. The number of hydrogen-bond acceptors (Lipinski definition) is 3. The van der Waals surface area contributed by atoms with Crippen LogP contribution >= 0.6 is 31.9 Å². The quantitative estimate of drug-likeness (QED) is 0.747. The van der Waals surface area contributed by atoms with E-state index in [0.29, 0.717) is 26.1 Å². The van der Waals surface area contributed by atoms with Crippen molar-refractivity contribution in [2.75, 3.05) is 13.2 Å². The summed E-state index contributed by atoms with van der Waals surface area (Å²) in [5.41, 5.74) is 0.358. The number of nitrogens with one attached hydrogen (secondary N) is 1. The van der Waals surface area contributed by atoms with E-state index >= 15 is 0 Å². The fraction of sp³-hybridized carbons (Fsp3) is 0.333. The van der Waals surface area contributed by atoms with Gasteiger partial charge in [0.05, 0.1) is 5.54 Å². The summed E-state index contributed by atoms with van der Waals surface area (Å²) < 4.78 is 8.61. The Morgan fingerprint density at radius 1 is 1.16 bits per heavy atom. The van der Waals surface area contributed by atoms with E-state index < -0.39 is 5.54 Å². The van der Waals surface area contributed by atoms with Crippen LogP contribution in [0.1, 0.15) is 18.4 Å². The maximum Gasteiger partial charge on any atom is 0.251 e. The lowest BCUT2D eigenvalue weighted by molar-refractivity contribution is -0.125. The number of carbonyl (C=O) groups excluding carboxylic acids is 1. The van der Waals surface area contributed by atoms with Gasteiger partial charge in [0.25, 0.3) is 5.56 Å². The predicted octanol–water partition coefficient (Wildman–Crippen LogP) is 3.20. The number of rotatable bonds is 4. The number of ether oxygens (including phenoxy) is 1. The summed E-state index contributed by atoms with van der Waals surface area (Å²) >= 11 is 6.82. The van der Waals surface area contributed by atoms with Crippen molar-refractivity contribution in [2.45, 2.75) is 24.9 Å². The second-order valence-electron chi connectivity index (χ2n) is 6.07. The van der Waals surface area contributed by atoms with Crippen LogP contribution in [0.2, 0.25) is 0 Å². The van der Waals surface area contributed by atoms with Gasteiger partial charge in [-0.05, 0) is 52.5 Å². The summed E-state index contributed by atoms with van der Waals surface area (Å²) in [6.45, 7) is 1.15. The smallest absolute Gasteiger partial charge is 0.251 e. The summed E-state index contributed by atoms with van der Waals surface area (Å²) in [5.74, 6) is -0.193. The van der Waals surface area contributed by atoms with Crippen LogP contribution in [-0.4, -0.2) is 23.7 Å². The lowest BCUT2D eigenvalue weighted by Crippen LogP contribution is -2.50. The summed E-state index contributed by atoms with van der Waals surface area (Å²) in [7, 11) is 0. The Morgan fingerprint density at radius 3 is 2.64 bits per heavy atom. The van der Waals surface area contributed by atoms with Gasteiger partial charge in [-0.25, -0.2) is 0 Å². The Bertz CT molecular complexity index is 829. The summed E-state index contributed by atoms with van der Waals surface area (Å²) in [6.07, 6.45) is 3.02. The van der Waals surface area contributed by atoms with Crippen molar-refractivity contribution >= 4 is 37.8 Å². The van der Waals surface area contributed by atoms with Crippen LogP contribution in [-0.2, 0) is 21.6 Å². The molecule has 0 aliphatic carbocycles. The highest BCUT2D eigenvalue weighted by molar-refractivity contribution is 9.10. The summed E-state index contributed by atoms with van der Waals surface area (Å²) in [5, 5.41) is 3.16. The maximum atomic E-state index is 12.7. The molecule has 0 spiro atoms. The zero-order valence-electron chi connectivity index (χ0n) is 13.5. The molecule has 1 aliphatic heterocycles. The number of hydrogen-bond donors (Lipinski definition) is 1. The molecule has 5 nitrogen and oxygen atoms in total. The summed E-state index contributed by atoms with van der Waals surface area (Å²) in [6, 6.07) is 11.1. The van der Waals surface area contributed by atoms with Gasteiger partial charge in [0.2, 0.25) is 5.91 Å².